The average molecular weight is 359 g/mol. The predicted molar refractivity (Wildman–Crippen MR) is 109 cm³/mol. The summed E-state index contributed by atoms with van der Waals surface area (Å²) in [6.45, 7) is 0.602. The largest absolute Gasteiger partial charge is 0.497 e. The van der Waals surface area contributed by atoms with Gasteiger partial charge in [0.1, 0.15) is 18.1 Å². The Morgan fingerprint density at radius 3 is 2.52 bits per heavy atom. The molecule has 2 N–H and O–H groups in total. The van der Waals surface area contributed by atoms with Gasteiger partial charge in [-0.25, -0.2) is 0 Å². The van der Waals surface area contributed by atoms with E-state index in [-0.39, 0.29) is 0 Å². The van der Waals surface area contributed by atoms with Crippen molar-refractivity contribution in [2.45, 2.75) is 31.8 Å². The molecule has 0 unspecified atom stereocenters. The third-order valence-electron chi connectivity index (χ3n) is 5.39. The van der Waals surface area contributed by atoms with Gasteiger partial charge < -0.3 is 15.2 Å². The Labute approximate surface area is 160 Å². The maximum atomic E-state index is 6.27. The zero-order valence-electron chi connectivity index (χ0n) is 15.7. The topological polar surface area (TPSA) is 44.5 Å². The summed E-state index contributed by atoms with van der Waals surface area (Å²) < 4.78 is 11.2. The molecule has 27 heavy (non-hydrogen) atoms. The Bertz CT molecular complexity index is 921. The molecule has 0 aliphatic heterocycles. The van der Waals surface area contributed by atoms with Gasteiger partial charge in [0.15, 0.2) is 0 Å². The van der Waals surface area contributed by atoms with E-state index >= 15 is 0 Å². The van der Waals surface area contributed by atoms with Crippen molar-refractivity contribution in [2.75, 3.05) is 12.8 Å². The van der Waals surface area contributed by atoms with E-state index in [0.29, 0.717) is 12.5 Å². The van der Waals surface area contributed by atoms with Crippen LogP contribution in [0.5, 0.6) is 11.5 Å². The van der Waals surface area contributed by atoms with Crippen molar-refractivity contribution >= 4 is 5.69 Å². The lowest BCUT2D eigenvalue weighted by molar-refractivity contribution is 0.305. The van der Waals surface area contributed by atoms with Crippen LogP contribution in [0.2, 0.25) is 0 Å². The second kappa shape index (κ2) is 7.75. The molecule has 3 heteroatoms. The van der Waals surface area contributed by atoms with E-state index in [0.717, 1.165) is 36.4 Å². The van der Waals surface area contributed by atoms with Gasteiger partial charge >= 0.3 is 0 Å². The number of aryl methyl sites for hydroxylation is 1. The molecule has 0 heterocycles. The van der Waals surface area contributed by atoms with Crippen LogP contribution in [0, 0.1) is 0 Å². The molecule has 3 aromatic carbocycles. The Balaban J connectivity index is 1.46. The van der Waals surface area contributed by atoms with Gasteiger partial charge in [-0.15, -0.1) is 0 Å². The van der Waals surface area contributed by atoms with Gasteiger partial charge in [-0.1, -0.05) is 42.5 Å². The molecule has 138 valence electrons. The molecule has 0 bridgehead atoms. The summed E-state index contributed by atoms with van der Waals surface area (Å²) in [5, 5.41) is 0. The highest BCUT2D eigenvalue weighted by Crippen LogP contribution is 2.37. The van der Waals surface area contributed by atoms with Crippen molar-refractivity contribution in [3.8, 4) is 11.5 Å². The molecule has 0 aromatic heterocycles. The Morgan fingerprint density at radius 1 is 0.926 bits per heavy atom. The molecule has 3 nitrogen and oxygen atoms in total. The van der Waals surface area contributed by atoms with E-state index in [4.69, 9.17) is 15.2 Å². The number of nitrogen functional groups attached to an aromatic ring is 1. The Hall–Kier alpha value is -2.94. The van der Waals surface area contributed by atoms with Crippen LogP contribution in [0.3, 0.4) is 0 Å². The first-order valence-electron chi connectivity index (χ1n) is 9.45. The van der Waals surface area contributed by atoms with Crippen LogP contribution in [-0.2, 0) is 19.4 Å². The van der Waals surface area contributed by atoms with E-state index in [1.807, 2.05) is 30.3 Å². The first kappa shape index (κ1) is 17.5. The smallest absolute Gasteiger partial charge is 0.120 e. The number of benzene rings is 3. The lowest BCUT2D eigenvalue weighted by atomic mass is 9.79. The molecule has 4 rings (SSSR count). The van der Waals surface area contributed by atoms with Crippen molar-refractivity contribution in [3.63, 3.8) is 0 Å². The normalized spacial score (nSPS) is 15.8. The van der Waals surface area contributed by atoms with Gasteiger partial charge in [-0.05, 0) is 65.6 Å². The molecular formula is C24H25NO2. The van der Waals surface area contributed by atoms with E-state index in [9.17, 15) is 0 Å². The molecule has 3 aromatic rings. The SMILES string of the molecule is COc1ccc([C@H]2CCc3cc(OCc4ccccc4)ccc3C2)c(N)c1. The van der Waals surface area contributed by atoms with Crippen LogP contribution in [0.1, 0.15) is 34.6 Å². The second-order valence-electron chi connectivity index (χ2n) is 7.14. The minimum atomic E-state index is 0.458. The number of rotatable bonds is 5. The summed E-state index contributed by atoms with van der Waals surface area (Å²) in [5.74, 6) is 2.21. The summed E-state index contributed by atoms with van der Waals surface area (Å²) in [6.07, 6.45) is 3.17. The highest BCUT2D eigenvalue weighted by molar-refractivity contribution is 5.54. The lowest BCUT2D eigenvalue weighted by Gasteiger charge is -2.26. The summed E-state index contributed by atoms with van der Waals surface area (Å²) in [5.41, 5.74) is 12.3. The fourth-order valence-electron chi connectivity index (χ4n) is 3.88. The summed E-state index contributed by atoms with van der Waals surface area (Å²) in [6, 6.07) is 22.8. The van der Waals surface area contributed by atoms with Gasteiger partial charge in [0.25, 0.3) is 0 Å². The third kappa shape index (κ3) is 3.92. The maximum absolute atomic E-state index is 6.27. The van der Waals surface area contributed by atoms with Crippen LogP contribution < -0.4 is 15.2 Å². The van der Waals surface area contributed by atoms with Crippen molar-refractivity contribution in [1.82, 2.24) is 0 Å². The van der Waals surface area contributed by atoms with E-state index in [1.54, 1.807) is 7.11 Å². The summed E-state index contributed by atoms with van der Waals surface area (Å²) in [4.78, 5) is 0. The third-order valence-corrected chi connectivity index (χ3v) is 5.39. The number of hydrogen-bond acceptors (Lipinski definition) is 3. The van der Waals surface area contributed by atoms with Crippen molar-refractivity contribution < 1.29 is 9.47 Å². The number of methoxy groups -OCH3 is 1. The first-order valence-corrected chi connectivity index (χ1v) is 9.45. The van der Waals surface area contributed by atoms with E-state index < -0.39 is 0 Å². The zero-order valence-corrected chi connectivity index (χ0v) is 15.7. The van der Waals surface area contributed by atoms with Crippen LogP contribution in [0.15, 0.2) is 66.7 Å². The van der Waals surface area contributed by atoms with Gasteiger partial charge in [0.05, 0.1) is 7.11 Å². The van der Waals surface area contributed by atoms with E-state index in [2.05, 4.69) is 36.4 Å². The van der Waals surface area contributed by atoms with Crippen molar-refractivity contribution in [2.24, 2.45) is 0 Å². The highest BCUT2D eigenvalue weighted by atomic mass is 16.5. The van der Waals surface area contributed by atoms with Gasteiger partial charge in [0, 0.05) is 11.8 Å². The van der Waals surface area contributed by atoms with Crippen molar-refractivity contribution in [3.05, 3.63) is 89.0 Å². The highest BCUT2D eigenvalue weighted by Gasteiger charge is 2.22. The lowest BCUT2D eigenvalue weighted by Crippen LogP contribution is -2.14. The predicted octanol–water partition coefficient (Wildman–Crippen LogP) is 5.13. The van der Waals surface area contributed by atoms with Gasteiger partial charge in [0.2, 0.25) is 0 Å². The quantitative estimate of drug-likeness (QED) is 0.642. The molecule has 0 spiro atoms. The number of ether oxygens (including phenoxy) is 2. The maximum Gasteiger partial charge on any atom is 0.120 e. The summed E-state index contributed by atoms with van der Waals surface area (Å²) in [7, 11) is 1.67. The Morgan fingerprint density at radius 2 is 1.74 bits per heavy atom. The fourth-order valence-corrected chi connectivity index (χ4v) is 3.88. The molecule has 0 fully saturated rings. The first-order chi connectivity index (χ1) is 13.2. The number of fused-ring (bicyclic) bond motifs is 1. The van der Waals surface area contributed by atoms with Gasteiger partial charge in [-0.2, -0.15) is 0 Å². The molecule has 0 radical (unpaired) electrons. The Kier molecular flexibility index (Phi) is 5.01. The van der Waals surface area contributed by atoms with Gasteiger partial charge in [-0.3, -0.25) is 0 Å². The molecule has 0 amide bonds. The van der Waals surface area contributed by atoms with Crippen LogP contribution in [0.25, 0.3) is 0 Å². The zero-order chi connectivity index (χ0) is 18.6. The summed E-state index contributed by atoms with van der Waals surface area (Å²) >= 11 is 0. The molecule has 1 aliphatic carbocycles. The monoisotopic (exact) mass is 359 g/mol. The second-order valence-corrected chi connectivity index (χ2v) is 7.14. The fraction of sp³-hybridized carbons (Fsp3) is 0.250. The minimum Gasteiger partial charge on any atom is -0.497 e. The van der Waals surface area contributed by atoms with Crippen LogP contribution >= 0.6 is 0 Å². The molecule has 0 saturated carbocycles. The minimum absolute atomic E-state index is 0.458. The number of nitrogens with two attached hydrogens (primary N) is 1. The molecule has 1 atom stereocenters. The number of hydrogen-bond donors (Lipinski definition) is 1. The van der Waals surface area contributed by atoms with E-state index in [1.165, 1.54) is 22.3 Å². The molecule has 0 saturated heterocycles. The molecular weight excluding hydrogens is 334 g/mol. The average Bonchev–Trinajstić information content (AvgIpc) is 2.72. The van der Waals surface area contributed by atoms with Crippen molar-refractivity contribution in [1.29, 1.82) is 0 Å². The molecule has 1 aliphatic rings. The van der Waals surface area contributed by atoms with Crippen LogP contribution in [-0.4, -0.2) is 7.11 Å². The number of anilines is 1. The standard InChI is InChI=1S/C24H25NO2/c1-26-21-11-12-23(24(25)15-21)20-8-7-19-14-22(10-9-18(19)13-20)27-16-17-5-3-2-4-6-17/h2-6,9-12,14-15,20H,7-8,13,16,25H2,1H3/t20-/m0/s1. The van der Waals surface area contributed by atoms with Crippen LogP contribution in [0.4, 0.5) is 5.69 Å².